The Balaban J connectivity index is 2.98. The van der Waals surface area contributed by atoms with Crippen LogP contribution in [0, 0.1) is 5.92 Å². The van der Waals surface area contributed by atoms with Crippen molar-refractivity contribution in [2.75, 3.05) is 19.5 Å². The molecule has 0 aliphatic carbocycles. The van der Waals surface area contributed by atoms with Crippen molar-refractivity contribution < 1.29 is 19.4 Å². The molecule has 0 amide bonds. The lowest BCUT2D eigenvalue weighted by atomic mass is 10.1. The van der Waals surface area contributed by atoms with Gasteiger partial charge in [-0.15, -0.1) is 0 Å². The maximum absolute atomic E-state index is 11.1. The van der Waals surface area contributed by atoms with Crippen LogP contribution in [0.1, 0.15) is 13.8 Å². The van der Waals surface area contributed by atoms with Crippen molar-refractivity contribution in [3.8, 4) is 11.8 Å². The molecule has 1 rings (SSSR count). The average molecular weight is 255 g/mol. The minimum atomic E-state index is -0.963. The summed E-state index contributed by atoms with van der Waals surface area (Å²) in [7, 11) is 2.92. The summed E-state index contributed by atoms with van der Waals surface area (Å²) < 4.78 is 9.96. The highest BCUT2D eigenvalue weighted by atomic mass is 16.5. The van der Waals surface area contributed by atoms with Crippen LogP contribution in [0.4, 0.5) is 5.95 Å². The van der Waals surface area contributed by atoms with Crippen molar-refractivity contribution in [3.05, 3.63) is 6.07 Å². The van der Waals surface area contributed by atoms with Gasteiger partial charge in [0.15, 0.2) is 0 Å². The zero-order valence-electron chi connectivity index (χ0n) is 10.8. The van der Waals surface area contributed by atoms with Crippen LogP contribution in [0.3, 0.4) is 0 Å². The zero-order chi connectivity index (χ0) is 13.7. The van der Waals surface area contributed by atoms with Gasteiger partial charge in [0.25, 0.3) is 0 Å². The van der Waals surface area contributed by atoms with E-state index in [-0.39, 0.29) is 11.9 Å². The Labute approximate surface area is 105 Å². The number of carbonyl (C=O) groups is 1. The van der Waals surface area contributed by atoms with E-state index in [9.17, 15) is 4.79 Å². The van der Waals surface area contributed by atoms with Crippen LogP contribution >= 0.6 is 0 Å². The van der Waals surface area contributed by atoms with Gasteiger partial charge in [-0.3, -0.25) is 0 Å². The molecule has 0 bridgehead atoms. The number of rotatable bonds is 6. The first-order valence-electron chi connectivity index (χ1n) is 5.44. The van der Waals surface area contributed by atoms with Crippen molar-refractivity contribution in [1.82, 2.24) is 9.97 Å². The lowest BCUT2D eigenvalue weighted by Gasteiger charge is -2.18. The summed E-state index contributed by atoms with van der Waals surface area (Å²) in [6, 6.07) is 0.734. The number of nitrogens with one attached hydrogen (secondary N) is 1. The number of ether oxygens (including phenoxy) is 2. The van der Waals surface area contributed by atoms with Gasteiger partial charge in [-0.25, -0.2) is 4.79 Å². The van der Waals surface area contributed by atoms with Crippen molar-refractivity contribution in [2.24, 2.45) is 5.92 Å². The van der Waals surface area contributed by atoms with E-state index in [0.29, 0.717) is 11.8 Å². The van der Waals surface area contributed by atoms with E-state index in [4.69, 9.17) is 14.6 Å². The van der Waals surface area contributed by atoms with Gasteiger partial charge in [0.1, 0.15) is 6.04 Å². The topological polar surface area (TPSA) is 93.6 Å². The molecule has 100 valence electrons. The quantitative estimate of drug-likeness (QED) is 0.783. The number of nitrogens with zero attached hydrogens (tertiary/aromatic N) is 2. The SMILES string of the molecule is COc1cc(OC)nc(N[C@@H](C(=O)O)C(C)C)n1. The van der Waals surface area contributed by atoms with Gasteiger partial charge in [-0.05, 0) is 5.92 Å². The molecule has 0 spiro atoms. The molecule has 0 fully saturated rings. The van der Waals surface area contributed by atoms with Crippen LogP contribution < -0.4 is 14.8 Å². The molecule has 1 atom stereocenters. The fraction of sp³-hybridized carbons (Fsp3) is 0.545. The van der Waals surface area contributed by atoms with Gasteiger partial charge in [0.2, 0.25) is 17.7 Å². The van der Waals surface area contributed by atoms with Crippen molar-refractivity contribution in [2.45, 2.75) is 19.9 Å². The van der Waals surface area contributed by atoms with Crippen LogP contribution in [0.5, 0.6) is 11.8 Å². The average Bonchev–Trinajstić information content (AvgIpc) is 2.34. The van der Waals surface area contributed by atoms with Gasteiger partial charge in [0, 0.05) is 0 Å². The fourth-order valence-corrected chi connectivity index (χ4v) is 1.33. The number of carboxylic acids is 1. The number of carboxylic acid groups (broad SMARTS) is 1. The summed E-state index contributed by atoms with van der Waals surface area (Å²) in [6.45, 7) is 3.59. The molecule has 0 aromatic carbocycles. The molecule has 0 radical (unpaired) electrons. The van der Waals surface area contributed by atoms with E-state index < -0.39 is 12.0 Å². The molecule has 1 heterocycles. The number of hydrogen-bond donors (Lipinski definition) is 2. The predicted molar refractivity (Wildman–Crippen MR) is 65.0 cm³/mol. The predicted octanol–water partition coefficient (Wildman–Crippen LogP) is 1.01. The lowest BCUT2D eigenvalue weighted by Crippen LogP contribution is -2.35. The summed E-state index contributed by atoms with van der Waals surface area (Å²) in [6.07, 6.45) is 0. The molecule has 1 aromatic heterocycles. The summed E-state index contributed by atoms with van der Waals surface area (Å²) in [5.74, 6) is -0.305. The second-order valence-corrected chi connectivity index (χ2v) is 3.98. The number of methoxy groups -OCH3 is 2. The highest BCUT2D eigenvalue weighted by molar-refractivity contribution is 5.76. The van der Waals surface area contributed by atoms with Gasteiger partial charge in [-0.2, -0.15) is 9.97 Å². The zero-order valence-corrected chi connectivity index (χ0v) is 10.8. The number of anilines is 1. The summed E-state index contributed by atoms with van der Waals surface area (Å²) in [5.41, 5.74) is 0. The Hall–Kier alpha value is -2.05. The summed E-state index contributed by atoms with van der Waals surface area (Å²) in [4.78, 5) is 19.1. The van der Waals surface area contributed by atoms with Crippen LogP contribution in [0.25, 0.3) is 0 Å². The standard InChI is InChI=1S/C11H17N3O4/c1-6(2)9(10(15)16)14-11-12-7(17-3)5-8(13-11)18-4/h5-6,9H,1-4H3,(H,15,16)(H,12,13,14)/t9-/m1/s1. The highest BCUT2D eigenvalue weighted by Gasteiger charge is 2.22. The first-order valence-corrected chi connectivity index (χ1v) is 5.44. The van der Waals surface area contributed by atoms with E-state index in [1.165, 1.54) is 20.3 Å². The van der Waals surface area contributed by atoms with Crippen LogP contribution in [-0.4, -0.2) is 41.3 Å². The second kappa shape index (κ2) is 6.04. The molecule has 18 heavy (non-hydrogen) atoms. The van der Waals surface area contributed by atoms with Gasteiger partial charge in [0.05, 0.1) is 20.3 Å². The Morgan fingerprint density at radius 1 is 1.28 bits per heavy atom. The van der Waals surface area contributed by atoms with Gasteiger partial charge >= 0.3 is 5.97 Å². The molecule has 7 nitrogen and oxygen atoms in total. The van der Waals surface area contributed by atoms with Crippen molar-refractivity contribution in [3.63, 3.8) is 0 Å². The largest absolute Gasteiger partial charge is 0.481 e. The highest BCUT2D eigenvalue weighted by Crippen LogP contribution is 2.18. The van der Waals surface area contributed by atoms with E-state index in [0.717, 1.165) is 0 Å². The molecule has 7 heteroatoms. The van der Waals surface area contributed by atoms with E-state index in [1.54, 1.807) is 13.8 Å². The number of hydrogen-bond acceptors (Lipinski definition) is 6. The van der Waals surface area contributed by atoms with Gasteiger partial charge in [-0.1, -0.05) is 13.8 Å². The number of aliphatic carboxylic acids is 1. The first kappa shape index (κ1) is 14.0. The van der Waals surface area contributed by atoms with Gasteiger partial charge < -0.3 is 19.9 Å². The summed E-state index contributed by atoms with van der Waals surface area (Å²) >= 11 is 0. The van der Waals surface area contributed by atoms with E-state index in [1.807, 2.05) is 0 Å². The van der Waals surface area contributed by atoms with E-state index >= 15 is 0 Å². The Morgan fingerprint density at radius 3 is 2.11 bits per heavy atom. The first-order chi connectivity index (χ1) is 8.47. The van der Waals surface area contributed by atoms with Crippen LogP contribution in [0.2, 0.25) is 0 Å². The monoisotopic (exact) mass is 255 g/mol. The molecule has 2 N–H and O–H groups in total. The van der Waals surface area contributed by atoms with Crippen molar-refractivity contribution >= 4 is 11.9 Å². The Morgan fingerprint density at radius 2 is 1.78 bits per heavy atom. The normalized spacial score (nSPS) is 12.1. The third-order valence-corrected chi connectivity index (χ3v) is 2.31. The lowest BCUT2D eigenvalue weighted by molar-refractivity contribution is -0.138. The minimum Gasteiger partial charge on any atom is -0.481 e. The maximum Gasteiger partial charge on any atom is 0.326 e. The Bertz CT molecular complexity index is 400. The van der Waals surface area contributed by atoms with Crippen LogP contribution in [-0.2, 0) is 4.79 Å². The molecule has 0 aliphatic rings. The Kier molecular flexibility index (Phi) is 4.70. The molecule has 1 aromatic rings. The minimum absolute atomic E-state index is 0.108. The molecule has 0 saturated heterocycles. The third-order valence-electron chi connectivity index (χ3n) is 2.31. The molecular weight excluding hydrogens is 238 g/mol. The maximum atomic E-state index is 11.1. The molecule has 0 saturated carbocycles. The summed E-state index contributed by atoms with van der Waals surface area (Å²) in [5, 5.41) is 11.8. The van der Waals surface area contributed by atoms with Crippen LogP contribution in [0.15, 0.2) is 6.07 Å². The smallest absolute Gasteiger partial charge is 0.326 e. The van der Waals surface area contributed by atoms with Crippen molar-refractivity contribution in [1.29, 1.82) is 0 Å². The number of aromatic nitrogens is 2. The molecule has 0 aliphatic heterocycles. The molecular formula is C11H17N3O4. The third kappa shape index (κ3) is 3.47. The fourth-order valence-electron chi connectivity index (χ4n) is 1.33. The van der Waals surface area contributed by atoms with E-state index in [2.05, 4.69) is 15.3 Å². The second-order valence-electron chi connectivity index (χ2n) is 3.98. The molecule has 0 unspecified atom stereocenters.